The Morgan fingerprint density at radius 2 is 2.13 bits per heavy atom. The number of rotatable bonds is 6. The first-order valence-corrected chi connectivity index (χ1v) is 7.53. The quantitative estimate of drug-likeness (QED) is 0.801. The SMILES string of the molecule is CCCCNC(=O)c1cc(Nc2cccc(C#N)c2)nc(C)n1. The van der Waals surface area contributed by atoms with Crippen LogP contribution in [-0.2, 0) is 0 Å². The Balaban J connectivity index is 2.16. The summed E-state index contributed by atoms with van der Waals surface area (Å²) in [6, 6.07) is 10.8. The van der Waals surface area contributed by atoms with Crippen molar-refractivity contribution in [1.82, 2.24) is 15.3 Å². The van der Waals surface area contributed by atoms with Crippen LogP contribution >= 0.6 is 0 Å². The lowest BCUT2D eigenvalue weighted by Crippen LogP contribution is -2.25. The molecule has 0 saturated carbocycles. The van der Waals surface area contributed by atoms with Crippen LogP contribution in [0.4, 0.5) is 11.5 Å². The van der Waals surface area contributed by atoms with Crippen molar-refractivity contribution < 1.29 is 4.79 Å². The number of aryl methyl sites for hydroxylation is 1. The van der Waals surface area contributed by atoms with Crippen LogP contribution in [0.2, 0.25) is 0 Å². The van der Waals surface area contributed by atoms with Gasteiger partial charge in [-0.1, -0.05) is 19.4 Å². The summed E-state index contributed by atoms with van der Waals surface area (Å²) in [5.41, 5.74) is 1.62. The summed E-state index contributed by atoms with van der Waals surface area (Å²) in [4.78, 5) is 20.6. The van der Waals surface area contributed by atoms with Gasteiger partial charge in [0.15, 0.2) is 0 Å². The Labute approximate surface area is 135 Å². The van der Waals surface area contributed by atoms with Gasteiger partial charge in [0, 0.05) is 18.3 Å². The molecular formula is C17H19N5O. The van der Waals surface area contributed by atoms with Crippen molar-refractivity contribution in [3.63, 3.8) is 0 Å². The van der Waals surface area contributed by atoms with E-state index in [4.69, 9.17) is 5.26 Å². The van der Waals surface area contributed by atoms with Crippen LogP contribution in [0.1, 0.15) is 41.6 Å². The van der Waals surface area contributed by atoms with Crippen molar-refractivity contribution in [3.05, 3.63) is 47.4 Å². The van der Waals surface area contributed by atoms with Crippen molar-refractivity contribution in [2.24, 2.45) is 0 Å². The summed E-state index contributed by atoms with van der Waals surface area (Å²) >= 11 is 0. The molecule has 1 aromatic carbocycles. The van der Waals surface area contributed by atoms with Crippen LogP contribution in [0.5, 0.6) is 0 Å². The number of carbonyl (C=O) groups excluding carboxylic acids is 1. The predicted octanol–water partition coefficient (Wildman–Crippen LogP) is 2.93. The molecule has 0 aliphatic carbocycles. The maximum Gasteiger partial charge on any atom is 0.270 e. The van der Waals surface area contributed by atoms with E-state index in [0.717, 1.165) is 18.5 Å². The summed E-state index contributed by atoms with van der Waals surface area (Å²) < 4.78 is 0. The number of carbonyl (C=O) groups is 1. The summed E-state index contributed by atoms with van der Waals surface area (Å²) in [7, 11) is 0. The molecule has 118 valence electrons. The van der Waals surface area contributed by atoms with Gasteiger partial charge in [0.05, 0.1) is 11.6 Å². The van der Waals surface area contributed by atoms with Gasteiger partial charge in [-0.3, -0.25) is 4.79 Å². The number of hydrogen-bond donors (Lipinski definition) is 2. The van der Waals surface area contributed by atoms with E-state index in [0.29, 0.717) is 29.4 Å². The summed E-state index contributed by atoms with van der Waals surface area (Å²) in [5.74, 6) is 0.818. The third kappa shape index (κ3) is 4.78. The van der Waals surface area contributed by atoms with Gasteiger partial charge in [-0.15, -0.1) is 0 Å². The highest BCUT2D eigenvalue weighted by Gasteiger charge is 2.10. The molecule has 0 radical (unpaired) electrons. The number of aromatic nitrogens is 2. The molecule has 6 nitrogen and oxygen atoms in total. The zero-order valence-electron chi connectivity index (χ0n) is 13.3. The van der Waals surface area contributed by atoms with Crippen LogP contribution in [0, 0.1) is 18.3 Å². The van der Waals surface area contributed by atoms with Gasteiger partial charge in [-0.05, 0) is 31.5 Å². The molecule has 0 unspecified atom stereocenters. The number of hydrogen-bond acceptors (Lipinski definition) is 5. The molecule has 0 aliphatic heterocycles. The largest absolute Gasteiger partial charge is 0.351 e. The van der Waals surface area contributed by atoms with Crippen molar-refractivity contribution in [3.8, 4) is 6.07 Å². The van der Waals surface area contributed by atoms with Gasteiger partial charge >= 0.3 is 0 Å². The number of benzene rings is 1. The maximum atomic E-state index is 12.1. The number of nitrogens with zero attached hydrogens (tertiary/aromatic N) is 3. The highest BCUT2D eigenvalue weighted by atomic mass is 16.1. The number of anilines is 2. The number of unbranched alkanes of at least 4 members (excludes halogenated alkanes) is 1. The van der Waals surface area contributed by atoms with Crippen molar-refractivity contribution in [2.75, 3.05) is 11.9 Å². The van der Waals surface area contributed by atoms with Crippen molar-refractivity contribution >= 4 is 17.4 Å². The average molecular weight is 309 g/mol. The molecule has 0 atom stereocenters. The summed E-state index contributed by atoms with van der Waals surface area (Å²) in [5, 5.41) is 14.9. The smallest absolute Gasteiger partial charge is 0.270 e. The number of nitrogens with one attached hydrogen (secondary N) is 2. The lowest BCUT2D eigenvalue weighted by molar-refractivity contribution is 0.0948. The number of amides is 1. The molecule has 0 aliphatic rings. The Kier molecular flexibility index (Phi) is 5.64. The van der Waals surface area contributed by atoms with E-state index in [9.17, 15) is 4.79 Å². The van der Waals surface area contributed by atoms with Crippen LogP contribution in [0.3, 0.4) is 0 Å². The van der Waals surface area contributed by atoms with E-state index in [2.05, 4.69) is 33.6 Å². The topological polar surface area (TPSA) is 90.7 Å². The Morgan fingerprint density at radius 3 is 2.87 bits per heavy atom. The second-order valence-electron chi connectivity index (χ2n) is 5.11. The minimum Gasteiger partial charge on any atom is -0.351 e. The normalized spacial score (nSPS) is 9.96. The minimum absolute atomic E-state index is 0.210. The summed E-state index contributed by atoms with van der Waals surface area (Å²) in [6.45, 7) is 4.43. The number of nitriles is 1. The van der Waals surface area contributed by atoms with Crippen LogP contribution < -0.4 is 10.6 Å². The molecule has 23 heavy (non-hydrogen) atoms. The highest BCUT2D eigenvalue weighted by Crippen LogP contribution is 2.16. The molecule has 2 aromatic rings. The molecule has 1 aromatic heterocycles. The first-order chi connectivity index (χ1) is 11.1. The molecule has 1 heterocycles. The lowest BCUT2D eigenvalue weighted by atomic mass is 10.2. The second-order valence-corrected chi connectivity index (χ2v) is 5.11. The van der Waals surface area contributed by atoms with Gasteiger partial charge in [0.1, 0.15) is 17.3 Å². The monoisotopic (exact) mass is 309 g/mol. The second kappa shape index (κ2) is 7.90. The highest BCUT2D eigenvalue weighted by molar-refractivity contribution is 5.93. The summed E-state index contributed by atoms with van der Waals surface area (Å²) in [6.07, 6.45) is 1.95. The van der Waals surface area contributed by atoms with E-state index >= 15 is 0 Å². The van der Waals surface area contributed by atoms with Gasteiger partial charge in [0.25, 0.3) is 5.91 Å². The molecule has 6 heteroatoms. The minimum atomic E-state index is -0.210. The van der Waals surface area contributed by atoms with Crippen molar-refractivity contribution in [2.45, 2.75) is 26.7 Å². The van der Waals surface area contributed by atoms with Gasteiger partial charge in [-0.25, -0.2) is 9.97 Å². The van der Waals surface area contributed by atoms with Gasteiger partial charge in [0.2, 0.25) is 0 Å². The molecule has 1 amide bonds. The molecule has 0 bridgehead atoms. The van der Waals surface area contributed by atoms with E-state index in [1.54, 1.807) is 31.2 Å². The van der Waals surface area contributed by atoms with E-state index in [1.165, 1.54) is 0 Å². The predicted molar refractivity (Wildman–Crippen MR) is 88.4 cm³/mol. The van der Waals surface area contributed by atoms with Crippen molar-refractivity contribution in [1.29, 1.82) is 5.26 Å². The van der Waals surface area contributed by atoms with Gasteiger partial charge < -0.3 is 10.6 Å². The average Bonchev–Trinajstić information content (AvgIpc) is 2.54. The molecular weight excluding hydrogens is 290 g/mol. The first kappa shape index (κ1) is 16.4. The maximum absolute atomic E-state index is 12.1. The van der Waals surface area contributed by atoms with Crippen LogP contribution in [0.15, 0.2) is 30.3 Å². The molecule has 0 saturated heterocycles. The zero-order chi connectivity index (χ0) is 16.7. The van der Waals surface area contributed by atoms with Gasteiger partial charge in [-0.2, -0.15) is 5.26 Å². The standard InChI is InChI=1S/C17H19N5O/c1-3-4-8-19-17(23)15-10-16(21-12(2)20-15)22-14-7-5-6-13(9-14)11-18/h5-7,9-10H,3-4,8H2,1-2H3,(H,19,23)(H,20,21,22). The molecule has 0 fully saturated rings. The Hall–Kier alpha value is -2.94. The molecule has 2 N–H and O–H groups in total. The van der Waals surface area contributed by atoms with E-state index in [-0.39, 0.29) is 5.91 Å². The molecule has 2 rings (SSSR count). The third-order valence-corrected chi connectivity index (χ3v) is 3.15. The molecule has 0 spiro atoms. The first-order valence-electron chi connectivity index (χ1n) is 7.53. The Morgan fingerprint density at radius 1 is 1.30 bits per heavy atom. The third-order valence-electron chi connectivity index (χ3n) is 3.15. The fourth-order valence-corrected chi connectivity index (χ4v) is 2.03. The van der Waals surface area contributed by atoms with E-state index in [1.807, 2.05) is 6.07 Å². The van der Waals surface area contributed by atoms with Crippen LogP contribution in [0.25, 0.3) is 0 Å². The fourth-order valence-electron chi connectivity index (χ4n) is 2.03. The Bertz CT molecular complexity index is 736. The zero-order valence-corrected chi connectivity index (χ0v) is 13.3. The lowest BCUT2D eigenvalue weighted by Gasteiger charge is -2.09. The van der Waals surface area contributed by atoms with Crippen LogP contribution in [-0.4, -0.2) is 22.4 Å². The van der Waals surface area contributed by atoms with E-state index < -0.39 is 0 Å². The fraction of sp³-hybridized carbons (Fsp3) is 0.294.